The highest BCUT2D eigenvalue weighted by molar-refractivity contribution is 6.00. The number of aromatic carboxylic acids is 1. The van der Waals surface area contributed by atoms with Gasteiger partial charge in [0.2, 0.25) is 0 Å². The number of carboxylic acids is 1. The van der Waals surface area contributed by atoms with E-state index in [1.165, 1.54) is 0 Å². The third kappa shape index (κ3) is 2.19. The number of rotatable bonds is 3. The van der Waals surface area contributed by atoms with Crippen LogP contribution in [0.1, 0.15) is 16.8 Å². The summed E-state index contributed by atoms with van der Waals surface area (Å²) >= 11 is 0. The molecule has 1 N–H and O–H groups in total. The van der Waals surface area contributed by atoms with Crippen molar-refractivity contribution in [1.82, 2.24) is 19.9 Å². The second-order valence-electron chi connectivity index (χ2n) is 5.17. The van der Waals surface area contributed by atoms with Gasteiger partial charge in [0.05, 0.1) is 11.1 Å². The topological polar surface area (TPSA) is 71.2 Å². The first kappa shape index (κ1) is 12.1. The number of fused-ring (bicyclic) bond motifs is 1. The molecule has 6 heteroatoms. The zero-order chi connectivity index (χ0) is 13.4. The van der Waals surface area contributed by atoms with E-state index in [0.29, 0.717) is 11.4 Å². The van der Waals surface area contributed by atoms with Crippen molar-refractivity contribution in [3.63, 3.8) is 0 Å². The van der Waals surface area contributed by atoms with Gasteiger partial charge in [-0.25, -0.2) is 9.48 Å². The average Bonchev–Trinajstić information content (AvgIpc) is 2.97. The molecule has 1 saturated heterocycles. The molecular formula is C13H16N4O2. The van der Waals surface area contributed by atoms with Crippen molar-refractivity contribution >= 4 is 17.0 Å². The summed E-state index contributed by atoms with van der Waals surface area (Å²) in [6.45, 7) is 2.96. The molecule has 2 heterocycles. The van der Waals surface area contributed by atoms with E-state index in [2.05, 4.69) is 22.3 Å². The van der Waals surface area contributed by atoms with Crippen LogP contribution in [0.3, 0.4) is 0 Å². The van der Waals surface area contributed by atoms with Crippen LogP contribution in [0.5, 0.6) is 0 Å². The van der Waals surface area contributed by atoms with E-state index < -0.39 is 5.97 Å². The molecule has 1 unspecified atom stereocenters. The molecule has 2 aromatic rings. The first-order chi connectivity index (χ1) is 9.15. The lowest BCUT2D eigenvalue weighted by Gasteiger charge is -2.10. The van der Waals surface area contributed by atoms with Gasteiger partial charge in [-0.3, -0.25) is 0 Å². The summed E-state index contributed by atoms with van der Waals surface area (Å²) in [4.78, 5) is 13.4. The number of hydrogen-bond acceptors (Lipinski definition) is 4. The maximum absolute atomic E-state index is 11.1. The van der Waals surface area contributed by atoms with E-state index in [9.17, 15) is 4.79 Å². The maximum atomic E-state index is 11.1. The van der Waals surface area contributed by atoms with Gasteiger partial charge in [0.25, 0.3) is 0 Å². The monoisotopic (exact) mass is 260 g/mol. The molecule has 100 valence electrons. The molecule has 1 aliphatic heterocycles. The fourth-order valence-electron chi connectivity index (χ4n) is 2.72. The molecule has 0 amide bonds. The van der Waals surface area contributed by atoms with Crippen LogP contribution in [0.15, 0.2) is 18.2 Å². The largest absolute Gasteiger partial charge is 0.478 e. The van der Waals surface area contributed by atoms with Crippen LogP contribution in [0, 0.1) is 5.92 Å². The van der Waals surface area contributed by atoms with E-state index in [-0.39, 0.29) is 5.56 Å². The zero-order valence-corrected chi connectivity index (χ0v) is 10.8. The smallest absolute Gasteiger partial charge is 0.338 e. The standard InChI is InChI=1S/C13H16N4O2/c1-16-6-5-9(7-16)8-17-11-4-2-3-10(13(18)19)12(11)14-15-17/h2-4,9H,5-8H2,1H3,(H,18,19). The highest BCUT2D eigenvalue weighted by Crippen LogP contribution is 2.20. The first-order valence-corrected chi connectivity index (χ1v) is 6.39. The highest BCUT2D eigenvalue weighted by Gasteiger charge is 2.21. The third-order valence-electron chi connectivity index (χ3n) is 3.70. The lowest BCUT2D eigenvalue weighted by molar-refractivity contribution is 0.0699. The van der Waals surface area contributed by atoms with E-state index in [1.807, 2.05) is 10.7 Å². The first-order valence-electron chi connectivity index (χ1n) is 6.39. The molecule has 6 nitrogen and oxygen atoms in total. The maximum Gasteiger partial charge on any atom is 0.338 e. The van der Waals surface area contributed by atoms with Crippen LogP contribution in [-0.2, 0) is 6.54 Å². The third-order valence-corrected chi connectivity index (χ3v) is 3.70. The molecule has 0 saturated carbocycles. The summed E-state index contributed by atoms with van der Waals surface area (Å²) in [5.41, 5.74) is 1.49. The normalized spacial score (nSPS) is 20.2. The minimum absolute atomic E-state index is 0.215. The summed E-state index contributed by atoms with van der Waals surface area (Å²) in [5, 5.41) is 17.3. The van der Waals surface area contributed by atoms with Crippen molar-refractivity contribution in [2.45, 2.75) is 13.0 Å². The Morgan fingerprint density at radius 3 is 3.05 bits per heavy atom. The molecule has 1 atom stereocenters. The summed E-state index contributed by atoms with van der Waals surface area (Å²) < 4.78 is 1.82. The lowest BCUT2D eigenvalue weighted by atomic mass is 10.1. The summed E-state index contributed by atoms with van der Waals surface area (Å²) in [6.07, 6.45) is 1.15. The minimum Gasteiger partial charge on any atom is -0.478 e. The van der Waals surface area contributed by atoms with Crippen LogP contribution in [-0.4, -0.2) is 51.1 Å². The van der Waals surface area contributed by atoms with Crippen LogP contribution in [0.25, 0.3) is 11.0 Å². The Kier molecular flexibility index (Phi) is 2.94. The van der Waals surface area contributed by atoms with Crippen molar-refractivity contribution in [3.8, 4) is 0 Å². The zero-order valence-electron chi connectivity index (χ0n) is 10.8. The second kappa shape index (κ2) is 4.62. The molecule has 1 aromatic heterocycles. The van der Waals surface area contributed by atoms with Gasteiger partial charge < -0.3 is 10.0 Å². The fraction of sp³-hybridized carbons (Fsp3) is 0.462. The van der Waals surface area contributed by atoms with Gasteiger partial charge in [-0.2, -0.15) is 0 Å². The van der Waals surface area contributed by atoms with Gasteiger partial charge in [0.1, 0.15) is 5.52 Å². The molecule has 1 aliphatic rings. The number of carboxylic acid groups (broad SMARTS) is 1. The van der Waals surface area contributed by atoms with Gasteiger partial charge in [-0.1, -0.05) is 11.3 Å². The van der Waals surface area contributed by atoms with E-state index in [1.54, 1.807) is 12.1 Å². The van der Waals surface area contributed by atoms with E-state index >= 15 is 0 Å². The van der Waals surface area contributed by atoms with Gasteiger partial charge in [0.15, 0.2) is 0 Å². The van der Waals surface area contributed by atoms with Gasteiger partial charge in [-0.05, 0) is 38.1 Å². The van der Waals surface area contributed by atoms with Crippen molar-refractivity contribution < 1.29 is 9.90 Å². The molecule has 0 aliphatic carbocycles. The van der Waals surface area contributed by atoms with Crippen molar-refractivity contribution in [1.29, 1.82) is 0 Å². The van der Waals surface area contributed by atoms with Crippen molar-refractivity contribution in [2.24, 2.45) is 5.92 Å². The van der Waals surface area contributed by atoms with Crippen LogP contribution >= 0.6 is 0 Å². The number of benzene rings is 1. The quantitative estimate of drug-likeness (QED) is 0.894. The number of carbonyl (C=O) groups is 1. The van der Waals surface area contributed by atoms with E-state index in [0.717, 1.165) is 31.6 Å². The Morgan fingerprint density at radius 1 is 1.53 bits per heavy atom. The number of nitrogens with zero attached hydrogens (tertiary/aromatic N) is 4. The predicted molar refractivity (Wildman–Crippen MR) is 70.1 cm³/mol. The molecular weight excluding hydrogens is 244 g/mol. The van der Waals surface area contributed by atoms with Crippen LogP contribution in [0.2, 0.25) is 0 Å². The van der Waals surface area contributed by atoms with Crippen molar-refractivity contribution in [2.75, 3.05) is 20.1 Å². The van der Waals surface area contributed by atoms with Crippen molar-refractivity contribution in [3.05, 3.63) is 23.8 Å². The van der Waals surface area contributed by atoms with Crippen LogP contribution in [0.4, 0.5) is 0 Å². The number of likely N-dealkylation sites (tertiary alicyclic amines) is 1. The fourth-order valence-corrected chi connectivity index (χ4v) is 2.72. The van der Waals surface area contributed by atoms with E-state index in [4.69, 9.17) is 5.11 Å². The summed E-state index contributed by atoms with van der Waals surface area (Å²) in [6, 6.07) is 5.18. The Labute approximate surface area is 110 Å². The van der Waals surface area contributed by atoms with Gasteiger partial charge >= 0.3 is 5.97 Å². The molecule has 0 bridgehead atoms. The molecule has 1 aromatic carbocycles. The van der Waals surface area contributed by atoms with Crippen LogP contribution < -0.4 is 0 Å². The molecule has 19 heavy (non-hydrogen) atoms. The Morgan fingerprint density at radius 2 is 2.37 bits per heavy atom. The lowest BCUT2D eigenvalue weighted by Crippen LogP contribution is -2.17. The molecule has 1 fully saturated rings. The number of hydrogen-bond donors (Lipinski definition) is 1. The predicted octanol–water partition coefficient (Wildman–Crippen LogP) is 1.08. The number of aromatic nitrogens is 3. The average molecular weight is 260 g/mol. The van der Waals surface area contributed by atoms with Gasteiger partial charge in [0, 0.05) is 13.1 Å². The molecule has 0 radical (unpaired) electrons. The SMILES string of the molecule is CN1CCC(Cn2nnc3c(C(=O)O)cccc32)C1. The molecule has 3 rings (SSSR count). The Bertz CT molecular complexity index is 622. The minimum atomic E-state index is -0.960. The highest BCUT2D eigenvalue weighted by atomic mass is 16.4. The van der Waals surface area contributed by atoms with Gasteiger partial charge in [-0.15, -0.1) is 5.10 Å². The summed E-state index contributed by atoms with van der Waals surface area (Å²) in [7, 11) is 2.11. The second-order valence-corrected chi connectivity index (χ2v) is 5.17. The summed E-state index contributed by atoms with van der Waals surface area (Å²) in [5.74, 6) is -0.401. The molecule has 0 spiro atoms. The Balaban J connectivity index is 1.93. The Hall–Kier alpha value is -1.95.